The Labute approximate surface area is 118 Å². The molecule has 0 aliphatic rings. The van der Waals surface area contributed by atoms with E-state index in [9.17, 15) is 0 Å². The van der Waals surface area contributed by atoms with Crippen molar-refractivity contribution in [2.75, 3.05) is 20.3 Å². The third kappa shape index (κ3) is 3.54. The topological polar surface area (TPSA) is 69.4 Å². The molecule has 0 fully saturated rings. The van der Waals surface area contributed by atoms with Crippen molar-refractivity contribution < 1.29 is 9.47 Å². The van der Waals surface area contributed by atoms with Crippen molar-refractivity contribution in [1.29, 1.82) is 0 Å². The molecule has 0 saturated carbocycles. The van der Waals surface area contributed by atoms with E-state index in [-0.39, 0.29) is 6.04 Å². The van der Waals surface area contributed by atoms with Crippen LogP contribution in [-0.4, -0.2) is 25.3 Å². The zero-order valence-corrected chi connectivity index (χ0v) is 11.5. The molecule has 2 rings (SSSR count). The van der Waals surface area contributed by atoms with E-state index >= 15 is 0 Å². The number of methoxy groups -OCH3 is 1. The Morgan fingerprint density at radius 3 is 2.65 bits per heavy atom. The van der Waals surface area contributed by atoms with E-state index < -0.39 is 0 Å². The van der Waals surface area contributed by atoms with Gasteiger partial charge < -0.3 is 9.47 Å². The Hall–Kier alpha value is -1.95. The molecule has 5 nitrogen and oxygen atoms in total. The highest BCUT2D eigenvalue weighted by molar-refractivity contribution is 5.39. The molecule has 20 heavy (non-hydrogen) atoms. The lowest BCUT2D eigenvalue weighted by molar-refractivity contribution is 0.145. The van der Waals surface area contributed by atoms with Crippen molar-refractivity contribution in [3.8, 4) is 5.75 Å². The number of para-hydroxylation sites is 1. The number of aromatic nitrogens is 1. The van der Waals surface area contributed by atoms with Gasteiger partial charge in [0.25, 0.3) is 0 Å². The minimum absolute atomic E-state index is 0.213. The molecule has 0 aliphatic carbocycles. The maximum Gasteiger partial charge on any atom is 0.124 e. The van der Waals surface area contributed by atoms with Crippen molar-refractivity contribution in [3.63, 3.8) is 0 Å². The van der Waals surface area contributed by atoms with E-state index in [1.807, 2.05) is 42.5 Å². The Kier molecular flexibility index (Phi) is 5.49. The van der Waals surface area contributed by atoms with Crippen molar-refractivity contribution in [2.45, 2.75) is 6.04 Å². The fourth-order valence-electron chi connectivity index (χ4n) is 1.97. The molecule has 0 radical (unpaired) electrons. The van der Waals surface area contributed by atoms with E-state index in [1.165, 1.54) is 0 Å². The highest BCUT2D eigenvalue weighted by Crippen LogP contribution is 2.28. The maximum atomic E-state index is 5.73. The van der Waals surface area contributed by atoms with E-state index in [2.05, 4.69) is 10.4 Å². The molecule has 0 bridgehead atoms. The molecule has 1 aromatic carbocycles. The third-order valence-electron chi connectivity index (χ3n) is 2.93. The van der Waals surface area contributed by atoms with Gasteiger partial charge in [0.05, 0.1) is 18.3 Å². The van der Waals surface area contributed by atoms with Gasteiger partial charge in [0.1, 0.15) is 12.4 Å². The number of nitrogens with two attached hydrogens (primary N) is 1. The normalized spacial score (nSPS) is 12.1. The summed E-state index contributed by atoms with van der Waals surface area (Å²) in [5.74, 6) is 6.47. The Morgan fingerprint density at radius 2 is 1.95 bits per heavy atom. The maximum absolute atomic E-state index is 5.73. The predicted molar refractivity (Wildman–Crippen MR) is 77.2 cm³/mol. The molecular formula is C15H19N3O2. The molecule has 106 valence electrons. The van der Waals surface area contributed by atoms with Crippen LogP contribution < -0.4 is 16.0 Å². The molecule has 1 aromatic heterocycles. The fraction of sp³-hybridized carbons (Fsp3) is 0.267. The summed E-state index contributed by atoms with van der Waals surface area (Å²) in [5.41, 5.74) is 4.59. The molecular weight excluding hydrogens is 254 g/mol. The second-order valence-electron chi connectivity index (χ2n) is 4.23. The van der Waals surface area contributed by atoms with Crippen LogP contribution in [0.3, 0.4) is 0 Å². The van der Waals surface area contributed by atoms with E-state index in [0.29, 0.717) is 13.2 Å². The smallest absolute Gasteiger partial charge is 0.124 e. The zero-order chi connectivity index (χ0) is 14.2. The lowest BCUT2D eigenvalue weighted by Crippen LogP contribution is -2.30. The van der Waals surface area contributed by atoms with Crippen LogP contribution in [0.1, 0.15) is 17.3 Å². The number of pyridine rings is 1. The quantitative estimate of drug-likeness (QED) is 0.456. The Morgan fingerprint density at radius 1 is 1.15 bits per heavy atom. The van der Waals surface area contributed by atoms with Gasteiger partial charge in [-0.1, -0.05) is 24.3 Å². The summed E-state index contributed by atoms with van der Waals surface area (Å²) >= 11 is 0. The van der Waals surface area contributed by atoms with Gasteiger partial charge in [-0.25, -0.2) is 5.43 Å². The monoisotopic (exact) mass is 273 g/mol. The first-order valence-electron chi connectivity index (χ1n) is 6.44. The summed E-state index contributed by atoms with van der Waals surface area (Å²) < 4.78 is 10.7. The zero-order valence-electron chi connectivity index (χ0n) is 11.5. The first kappa shape index (κ1) is 14.5. The van der Waals surface area contributed by atoms with Gasteiger partial charge >= 0.3 is 0 Å². The SMILES string of the molecule is COCCOc1ccccc1C(NN)c1ccccn1. The molecule has 1 heterocycles. The van der Waals surface area contributed by atoms with Crippen LogP contribution in [0.25, 0.3) is 0 Å². The first-order valence-corrected chi connectivity index (χ1v) is 6.44. The number of benzene rings is 1. The van der Waals surface area contributed by atoms with E-state index in [4.69, 9.17) is 15.3 Å². The van der Waals surface area contributed by atoms with Crippen LogP contribution in [0.5, 0.6) is 5.75 Å². The molecule has 1 atom stereocenters. The van der Waals surface area contributed by atoms with E-state index in [1.54, 1.807) is 13.3 Å². The lowest BCUT2D eigenvalue weighted by atomic mass is 10.0. The lowest BCUT2D eigenvalue weighted by Gasteiger charge is -2.19. The second kappa shape index (κ2) is 7.59. The van der Waals surface area contributed by atoms with Crippen LogP contribution >= 0.6 is 0 Å². The molecule has 1 unspecified atom stereocenters. The predicted octanol–water partition coefficient (Wildman–Crippen LogP) is 1.66. The number of hydrogen-bond acceptors (Lipinski definition) is 5. The van der Waals surface area contributed by atoms with Gasteiger partial charge in [-0.3, -0.25) is 10.8 Å². The minimum Gasteiger partial charge on any atom is -0.491 e. The average Bonchev–Trinajstić information content (AvgIpc) is 2.51. The summed E-state index contributed by atoms with van der Waals surface area (Å²) in [6.45, 7) is 1.03. The summed E-state index contributed by atoms with van der Waals surface area (Å²) in [6, 6.07) is 13.3. The summed E-state index contributed by atoms with van der Waals surface area (Å²) in [5, 5.41) is 0. The van der Waals surface area contributed by atoms with Gasteiger partial charge in [0.2, 0.25) is 0 Å². The van der Waals surface area contributed by atoms with Crippen LogP contribution in [-0.2, 0) is 4.74 Å². The number of hydrogen-bond donors (Lipinski definition) is 2. The van der Waals surface area contributed by atoms with Crippen molar-refractivity contribution >= 4 is 0 Å². The fourth-order valence-corrected chi connectivity index (χ4v) is 1.97. The average molecular weight is 273 g/mol. The largest absolute Gasteiger partial charge is 0.491 e. The molecule has 0 spiro atoms. The van der Waals surface area contributed by atoms with Crippen molar-refractivity contribution in [1.82, 2.24) is 10.4 Å². The highest BCUT2D eigenvalue weighted by Gasteiger charge is 2.17. The van der Waals surface area contributed by atoms with Gasteiger partial charge in [-0.15, -0.1) is 0 Å². The number of nitrogens with one attached hydrogen (secondary N) is 1. The molecule has 2 aromatic rings. The molecule has 5 heteroatoms. The number of ether oxygens (including phenoxy) is 2. The van der Waals surface area contributed by atoms with Gasteiger partial charge in [-0.05, 0) is 18.2 Å². The molecule has 0 amide bonds. The Bertz CT molecular complexity index is 520. The van der Waals surface area contributed by atoms with Crippen molar-refractivity contribution in [3.05, 3.63) is 59.9 Å². The highest BCUT2D eigenvalue weighted by atomic mass is 16.5. The second-order valence-corrected chi connectivity index (χ2v) is 4.23. The summed E-state index contributed by atoms with van der Waals surface area (Å²) in [6.07, 6.45) is 1.74. The van der Waals surface area contributed by atoms with Crippen LogP contribution in [0.15, 0.2) is 48.7 Å². The first-order chi connectivity index (χ1) is 9.86. The van der Waals surface area contributed by atoms with Crippen LogP contribution in [0.4, 0.5) is 0 Å². The van der Waals surface area contributed by atoms with Gasteiger partial charge in [0.15, 0.2) is 0 Å². The van der Waals surface area contributed by atoms with Crippen LogP contribution in [0.2, 0.25) is 0 Å². The molecule has 0 aliphatic heterocycles. The van der Waals surface area contributed by atoms with Crippen molar-refractivity contribution in [2.24, 2.45) is 5.84 Å². The minimum atomic E-state index is -0.213. The van der Waals surface area contributed by atoms with Gasteiger partial charge in [-0.2, -0.15) is 0 Å². The standard InChI is InChI=1S/C15H19N3O2/c1-19-10-11-20-14-8-3-2-6-12(14)15(18-16)13-7-4-5-9-17-13/h2-9,15,18H,10-11,16H2,1H3. The van der Waals surface area contributed by atoms with Gasteiger partial charge in [0, 0.05) is 18.9 Å². The Balaban J connectivity index is 2.25. The number of nitrogens with zero attached hydrogens (tertiary/aromatic N) is 1. The number of hydrazine groups is 1. The number of rotatable bonds is 7. The van der Waals surface area contributed by atoms with E-state index in [0.717, 1.165) is 17.0 Å². The molecule has 3 N–H and O–H groups in total. The summed E-state index contributed by atoms with van der Waals surface area (Å²) in [4.78, 5) is 4.34. The van der Waals surface area contributed by atoms with Crippen LogP contribution in [0, 0.1) is 0 Å². The third-order valence-corrected chi connectivity index (χ3v) is 2.93. The molecule has 0 saturated heterocycles. The summed E-state index contributed by atoms with van der Waals surface area (Å²) in [7, 11) is 1.65.